The zero-order chi connectivity index (χ0) is 23.9. The lowest BCUT2D eigenvalue weighted by Crippen LogP contribution is -2.49. The van der Waals surface area contributed by atoms with Gasteiger partial charge < -0.3 is 10.2 Å². The summed E-state index contributed by atoms with van der Waals surface area (Å²) < 4.78 is 0. The third-order valence-corrected chi connectivity index (χ3v) is 11.0. The van der Waals surface area contributed by atoms with Crippen molar-refractivity contribution in [2.45, 2.75) is 90.1 Å². The molecule has 0 amide bonds. The molecule has 3 heteroatoms. The molecule has 4 aliphatic rings. The topological polar surface area (TPSA) is 57.5 Å². The van der Waals surface area contributed by atoms with Crippen LogP contribution in [0.2, 0.25) is 0 Å². The van der Waals surface area contributed by atoms with Gasteiger partial charge >= 0.3 is 0 Å². The number of phenolic OH excluding ortho intramolecular Hbond substituents is 1. The van der Waals surface area contributed by atoms with E-state index in [0.717, 1.165) is 63.4 Å². The first-order valence-corrected chi connectivity index (χ1v) is 13.4. The summed E-state index contributed by atoms with van der Waals surface area (Å²) in [5.41, 5.74) is 5.21. The molecule has 0 aliphatic heterocycles. The van der Waals surface area contributed by atoms with Crippen LogP contribution in [0.1, 0.15) is 93.0 Å². The van der Waals surface area contributed by atoms with E-state index >= 15 is 0 Å². The molecular formula is C31H38O3. The van der Waals surface area contributed by atoms with Gasteiger partial charge in [0.2, 0.25) is 0 Å². The second-order valence-corrected chi connectivity index (χ2v) is 12.2. The number of carbonyl (C=O) groups excluding carboxylic acids is 1. The van der Waals surface area contributed by atoms with Crippen LogP contribution in [0.5, 0.6) is 5.75 Å². The molecule has 0 saturated heterocycles. The van der Waals surface area contributed by atoms with Gasteiger partial charge in [0.15, 0.2) is 0 Å². The number of rotatable bonds is 3. The maximum absolute atomic E-state index is 12.5. The van der Waals surface area contributed by atoms with E-state index < -0.39 is 5.60 Å². The van der Waals surface area contributed by atoms with Crippen molar-refractivity contribution in [1.29, 1.82) is 0 Å². The number of aliphatic hydroxyl groups is 1. The van der Waals surface area contributed by atoms with Gasteiger partial charge in [-0.15, -0.1) is 0 Å². The average Bonchev–Trinajstić information content (AvgIpc) is 3.34. The SMILES string of the molecule is CCC1(C(C)=O)Cc2ccc([C@]3(O)CC[C@H]4[C@@H]5CCc6cc(O)ccc6[C@H]5CC[C@@]43C)cc2C1. The van der Waals surface area contributed by atoms with Crippen molar-refractivity contribution in [2.24, 2.45) is 22.7 Å². The number of carbonyl (C=O) groups is 1. The number of aryl methyl sites for hydroxylation is 1. The highest BCUT2D eigenvalue weighted by Gasteiger charge is 2.62. The molecule has 0 bridgehead atoms. The number of Topliss-reactive ketones (excluding diaryl/α,β-unsaturated/α-hetero) is 1. The van der Waals surface area contributed by atoms with E-state index in [0.29, 0.717) is 29.3 Å². The van der Waals surface area contributed by atoms with Crippen molar-refractivity contribution in [3.05, 3.63) is 64.2 Å². The van der Waals surface area contributed by atoms with Gasteiger partial charge in [0.1, 0.15) is 11.5 Å². The van der Waals surface area contributed by atoms with E-state index in [-0.39, 0.29) is 10.8 Å². The summed E-state index contributed by atoms with van der Waals surface area (Å²) in [6.07, 6.45) is 8.73. The number of aromatic hydroxyl groups is 1. The molecule has 0 aromatic heterocycles. The van der Waals surface area contributed by atoms with Gasteiger partial charge in [0, 0.05) is 10.8 Å². The molecule has 3 nitrogen and oxygen atoms in total. The van der Waals surface area contributed by atoms with Gasteiger partial charge in [0.25, 0.3) is 0 Å². The Morgan fingerprint density at radius 3 is 2.56 bits per heavy atom. The van der Waals surface area contributed by atoms with Gasteiger partial charge in [-0.25, -0.2) is 0 Å². The van der Waals surface area contributed by atoms with E-state index in [2.05, 4.69) is 38.1 Å². The predicted octanol–water partition coefficient (Wildman–Crippen LogP) is 6.22. The first-order chi connectivity index (χ1) is 16.2. The van der Waals surface area contributed by atoms with E-state index in [1.165, 1.54) is 22.3 Å². The minimum Gasteiger partial charge on any atom is -0.508 e. The van der Waals surface area contributed by atoms with Gasteiger partial charge in [-0.2, -0.15) is 0 Å². The molecule has 0 radical (unpaired) electrons. The minimum atomic E-state index is -0.805. The van der Waals surface area contributed by atoms with Crippen LogP contribution in [0.25, 0.3) is 0 Å². The Labute approximate surface area is 203 Å². The van der Waals surface area contributed by atoms with Crippen molar-refractivity contribution >= 4 is 5.78 Å². The second-order valence-electron chi connectivity index (χ2n) is 12.2. The highest BCUT2D eigenvalue weighted by molar-refractivity contribution is 5.84. The maximum Gasteiger partial charge on any atom is 0.136 e. The highest BCUT2D eigenvalue weighted by Crippen LogP contribution is 2.67. The standard InChI is InChI=1S/C31H38O3/c1-4-30(19(2)32)17-21-5-7-23(15-22(21)18-30)31(34)14-12-28-27-9-6-20-16-24(33)8-10-25(20)26(27)11-13-29(28,31)3/h5,7-8,10,15-16,26-28,33-34H,4,6,9,11-14,17-18H2,1-3H3/t26-,27-,28+,29+,30?,31-/m1/s1. The molecular weight excluding hydrogens is 420 g/mol. The van der Waals surface area contributed by atoms with Crippen molar-refractivity contribution in [1.82, 2.24) is 0 Å². The van der Waals surface area contributed by atoms with Crippen LogP contribution in [0, 0.1) is 22.7 Å². The largest absolute Gasteiger partial charge is 0.508 e. The van der Waals surface area contributed by atoms with Crippen molar-refractivity contribution < 1.29 is 15.0 Å². The molecule has 6 rings (SSSR count). The molecule has 6 atom stereocenters. The zero-order valence-corrected chi connectivity index (χ0v) is 20.9. The lowest BCUT2D eigenvalue weighted by Gasteiger charge is -2.53. The first-order valence-electron chi connectivity index (χ1n) is 13.4. The molecule has 34 heavy (non-hydrogen) atoms. The van der Waals surface area contributed by atoms with Gasteiger partial charge in [0.05, 0.1) is 5.60 Å². The number of fused-ring (bicyclic) bond motifs is 6. The smallest absolute Gasteiger partial charge is 0.136 e. The first kappa shape index (κ1) is 22.3. The number of hydrogen-bond donors (Lipinski definition) is 2. The Morgan fingerprint density at radius 1 is 1.00 bits per heavy atom. The number of phenols is 1. The summed E-state index contributed by atoms with van der Waals surface area (Å²) in [6, 6.07) is 12.6. The molecule has 2 saturated carbocycles. The van der Waals surface area contributed by atoms with Crippen LogP contribution >= 0.6 is 0 Å². The fraction of sp³-hybridized carbons (Fsp3) is 0.581. The number of ketones is 1. The summed E-state index contributed by atoms with van der Waals surface area (Å²) in [6.45, 7) is 6.23. The Morgan fingerprint density at radius 2 is 1.79 bits per heavy atom. The quantitative estimate of drug-likeness (QED) is 0.574. The van der Waals surface area contributed by atoms with E-state index in [9.17, 15) is 15.0 Å². The zero-order valence-electron chi connectivity index (χ0n) is 20.9. The molecule has 2 fully saturated rings. The second kappa shape index (κ2) is 7.43. The summed E-state index contributed by atoms with van der Waals surface area (Å²) in [4.78, 5) is 12.5. The van der Waals surface area contributed by atoms with Crippen LogP contribution in [0.3, 0.4) is 0 Å². The number of benzene rings is 2. The Kier molecular flexibility index (Phi) is 4.88. The monoisotopic (exact) mass is 458 g/mol. The van der Waals surface area contributed by atoms with Crippen LogP contribution in [-0.4, -0.2) is 16.0 Å². The van der Waals surface area contributed by atoms with Crippen molar-refractivity contribution in [3.63, 3.8) is 0 Å². The molecule has 4 aliphatic carbocycles. The van der Waals surface area contributed by atoms with Crippen LogP contribution in [0.15, 0.2) is 36.4 Å². The lowest BCUT2D eigenvalue weighted by atomic mass is 9.52. The number of hydrogen-bond acceptors (Lipinski definition) is 3. The molecule has 0 spiro atoms. The summed E-state index contributed by atoms with van der Waals surface area (Å²) in [5, 5.41) is 22.3. The minimum absolute atomic E-state index is 0.127. The third-order valence-electron chi connectivity index (χ3n) is 11.0. The summed E-state index contributed by atoms with van der Waals surface area (Å²) in [7, 11) is 0. The molecule has 2 N–H and O–H groups in total. The molecule has 2 aromatic carbocycles. The molecule has 2 aromatic rings. The third kappa shape index (κ3) is 2.89. The highest BCUT2D eigenvalue weighted by atomic mass is 16.3. The predicted molar refractivity (Wildman–Crippen MR) is 134 cm³/mol. The van der Waals surface area contributed by atoms with Gasteiger partial charge in [-0.1, -0.05) is 38.1 Å². The van der Waals surface area contributed by atoms with E-state index in [1.54, 1.807) is 6.92 Å². The van der Waals surface area contributed by atoms with Crippen LogP contribution < -0.4 is 0 Å². The summed E-state index contributed by atoms with van der Waals surface area (Å²) in [5.74, 6) is 2.33. The molecule has 1 unspecified atom stereocenters. The van der Waals surface area contributed by atoms with Crippen LogP contribution in [-0.2, 0) is 29.7 Å². The van der Waals surface area contributed by atoms with Crippen molar-refractivity contribution in [2.75, 3.05) is 0 Å². The average molecular weight is 459 g/mol. The Hall–Kier alpha value is -2.13. The lowest BCUT2D eigenvalue weighted by molar-refractivity contribution is -0.126. The normalized spacial score (nSPS) is 38.1. The van der Waals surface area contributed by atoms with Crippen LogP contribution in [0.4, 0.5) is 0 Å². The van der Waals surface area contributed by atoms with Gasteiger partial charge in [-0.3, -0.25) is 4.79 Å². The van der Waals surface area contributed by atoms with E-state index in [4.69, 9.17) is 0 Å². The fourth-order valence-electron chi connectivity index (χ4n) is 8.82. The Balaban J connectivity index is 1.32. The summed E-state index contributed by atoms with van der Waals surface area (Å²) >= 11 is 0. The van der Waals surface area contributed by atoms with Gasteiger partial charge in [-0.05, 0) is 122 Å². The van der Waals surface area contributed by atoms with E-state index in [1.807, 2.05) is 12.1 Å². The molecule has 0 heterocycles. The maximum atomic E-state index is 12.5. The van der Waals surface area contributed by atoms with Crippen molar-refractivity contribution in [3.8, 4) is 5.75 Å². The molecule has 180 valence electrons. The Bertz CT molecular complexity index is 1170. The fourth-order valence-corrected chi connectivity index (χ4v) is 8.82.